The van der Waals surface area contributed by atoms with E-state index >= 15 is 0 Å². The van der Waals surface area contributed by atoms with E-state index in [0.29, 0.717) is 37.1 Å². The Balaban J connectivity index is 2.25. The molecule has 2 amide bonds. The summed E-state index contributed by atoms with van der Waals surface area (Å²) in [4.78, 5) is 11.8. The quantitative estimate of drug-likeness (QED) is 0.509. The minimum absolute atomic E-state index is 0.231. The molecule has 0 fully saturated rings. The number of carbonyl (C=O) groups excluding carboxylic acids is 1. The first-order chi connectivity index (χ1) is 11.0. The van der Waals surface area contributed by atoms with Gasteiger partial charge in [-0.05, 0) is 37.0 Å². The van der Waals surface area contributed by atoms with Gasteiger partial charge in [0, 0.05) is 31.5 Å². The molecule has 0 aliphatic heterocycles. The van der Waals surface area contributed by atoms with Gasteiger partial charge in [0.05, 0.1) is 0 Å². The number of rotatable bonds is 10. The number of carbonyl (C=O) groups is 1. The average molecular weight is 320 g/mol. The van der Waals surface area contributed by atoms with Gasteiger partial charge in [-0.1, -0.05) is 26.5 Å². The molecule has 0 atom stereocenters. The largest absolute Gasteiger partial charge is 0.489 e. The summed E-state index contributed by atoms with van der Waals surface area (Å²) in [5, 5.41) is 5.59. The molecule has 1 aromatic carbocycles. The molecular formula is C18H28N2O3. The smallest absolute Gasteiger partial charge is 0.319 e. The van der Waals surface area contributed by atoms with Crippen LogP contribution in [-0.4, -0.2) is 32.4 Å². The van der Waals surface area contributed by atoms with Gasteiger partial charge in [0.2, 0.25) is 0 Å². The summed E-state index contributed by atoms with van der Waals surface area (Å²) in [5.41, 5.74) is 1.64. The first-order valence-electron chi connectivity index (χ1n) is 7.97. The molecule has 0 aromatic heterocycles. The highest BCUT2D eigenvalue weighted by Gasteiger charge is 2.03. The van der Waals surface area contributed by atoms with Crippen LogP contribution in [0.25, 0.3) is 0 Å². The van der Waals surface area contributed by atoms with Crippen molar-refractivity contribution in [3.8, 4) is 5.75 Å². The van der Waals surface area contributed by atoms with E-state index in [-0.39, 0.29) is 6.03 Å². The second-order valence-corrected chi connectivity index (χ2v) is 5.98. The molecule has 0 unspecified atom stereocenters. The van der Waals surface area contributed by atoms with Crippen LogP contribution in [0, 0.1) is 5.92 Å². The van der Waals surface area contributed by atoms with Crippen molar-refractivity contribution in [1.82, 2.24) is 5.32 Å². The molecule has 1 aromatic rings. The lowest BCUT2D eigenvalue weighted by Gasteiger charge is -2.10. The van der Waals surface area contributed by atoms with Gasteiger partial charge in [0.1, 0.15) is 12.4 Å². The third kappa shape index (κ3) is 9.58. The minimum Gasteiger partial charge on any atom is -0.489 e. The van der Waals surface area contributed by atoms with Crippen molar-refractivity contribution in [3.63, 3.8) is 0 Å². The highest BCUT2D eigenvalue weighted by atomic mass is 16.5. The summed E-state index contributed by atoms with van der Waals surface area (Å²) < 4.78 is 11.0. The number of hydrogen-bond donors (Lipinski definition) is 2. The van der Waals surface area contributed by atoms with Gasteiger partial charge >= 0.3 is 6.03 Å². The lowest BCUT2D eigenvalue weighted by atomic mass is 10.2. The Morgan fingerprint density at radius 3 is 2.83 bits per heavy atom. The Labute approximate surface area is 139 Å². The van der Waals surface area contributed by atoms with E-state index in [4.69, 9.17) is 9.47 Å². The summed E-state index contributed by atoms with van der Waals surface area (Å²) in [6.07, 6.45) is 0.794. The molecule has 0 saturated carbocycles. The van der Waals surface area contributed by atoms with Crippen LogP contribution in [0.2, 0.25) is 0 Å². The molecule has 0 aliphatic carbocycles. The zero-order chi connectivity index (χ0) is 17.1. The zero-order valence-electron chi connectivity index (χ0n) is 14.4. The predicted molar refractivity (Wildman–Crippen MR) is 94.0 cm³/mol. The standard InChI is InChI=1S/C18H28N2O3/c1-14(2)12-22-10-6-9-19-18(21)20-16-7-5-8-17(11-16)23-13-15(3)4/h5,7-8,11,14H,3,6,9-10,12-13H2,1-2,4H3,(H2,19,20,21). The van der Waals surface area contributed by atoms with Gasteiger partial charge in [-0.3, -0.25) is 0 Å². The molecule has 0 heterocycles. The van der Waals surface area contributed by atoms with E-state index in [1.165, 1.54) is 0 Å². The van der Waals surface area contributed by atoms with Gasteiger partial charge in [0.25, 0.3) is 0 Å². The maximum absolute atomic E-state index is 11.8. The number of hydrogen-bond acceptors (Lipinski definition) is 3. The van der Waals surface area contributed by atoms with E-state index in [1.54, 1.807) is 6.07 Å². The third-order valence-electron chi connectivity index (χ3n) is 2.78. The van der Waals surface area contributed by atoms with Gasteiger partial charge in [0.15, 0.2) is 0 Å². The predicted octanol–water partition coefficient (Wildman–Crippen LogP) is 3.83. The maximum atomic E-state index is 11.8. The fourth-order valence-electron chi connectivity index (χ4n) is 1.74. The minimum atomic E-state index is -0.231. The van der Waals surface area contributed by atoms with Gasteiger partial charge < -0.3 is 20.1 Å². The number of nitrogens with one attached hydrogen (secondary N) is 2. The normalized spacial score (nSPS) is 10.4. The lowest BCUT2D eigenvalue weighted by Crippen LogP contribution is -2.30. The summed E-state index contributed by atoms with van der Waals surface area (Å²) in [7, 11) is 0. The number of benzene rings is 1. The molecule has 0 bridgehead atoms. The molecule has 0 spiro atoms. The Kier molecular flexibility index (Phi) is 8.83. The summed E-state index contributed by atoms with van der Waals surface area (Å²) in [5.74, 6) is 1.23. The summed E-state index contributed by atoms with van der Waals surface area (Å²) in [6.45, 7) is 12.4. The van der Waals surface area contributed by atoms with Gasteiger partial charge in [-0.25, -0.2) is 4.79 Å². The van der Waals surface area contributed by atoms with Gasteiger partial charge in [-0.2, -0.15) is 0 Å². The topological polar surface area (TPSA) is 59.6 Å². The second kappa shape index (κ2) is 10.7. The fraction of sp³-hybridized carbons (Fsp3) is 0.500. The first kappa shape index (κ1) is 19.0. The van der Waals surface area contributed by atoms with Crippen molar-refractivity contribution in [1.29, 1.82) is 0 Å². The molecule has 1 rings (SSSR count). The Morgan fingerprint density at radius 1 is 1.35 bits per heavy atom. The highest BCUT2D eigenvalue weighted by molar-refractivity contribution is 5.89. The van der Waals surface area contributed by atoms with Crippen LogP contribution in [0.15, 0.2) is 36.4 Å². The van der Waals surface area contributed by atoms with Crippen LogP contribution in [-0.2, 0) is 4.74 Å². The van der Waals surface area contributed by atoms with Crippen LogP contribution in [0.4, 0.5) is 10.5 Å². The van der Waals surface area contributed by atoms with Crippen LogP contribution >= 0.6 is 0 Å². The molecule has 5 nitrogen and oxygen atoms in total. The summed E-state index contributed by atoms with van der Waals surface area (Å²) >= 11 is 0. The van der Waals surface area contributed by atoms with Crippen LogP contribution in [0.3, 0.4) is 0 Å². The molecule has 0 aliphatic rings. The van der Waals surface area contributed by atoms with Crippen molar-refractivity contribution < 1.29 is 14.3 Å². The average Bonchev–Trinajstić information content (AvgIpc) is 2.49. The zero-order valence-corrected chi connectivity index (χ0v) is 14.4. The molecule has 0 saturated heterocycles. The van der Waals surface area contributed by atoms with E-state index in [2.05, 4.69) is 31.1 Å². The number of anilines is 1. The Hall–Kier alpha value is -2.01. The number of ether oxygens (including phenoxy) is 2. The SMILES string of the molecule is C=C(C)COc1cccc(NC(=O)NCCCOCC(C)C)c1. The van der Waals surface area contributed by atoms with Gasteiger partial charge in [-0.15, -0.1) is 0 Å². The maximum Gasteiger partial charge on any atom is 0.319 e. The van der Waals surface area contributed by atoms with E-state index in [0.717, 1.165) is 18.6 Å². The van der Waals surface area contributed by atoms with E-state index in [9.17, 15) is 4.79 Å². The van der Waals surface area contributed by atoms with Crippen LogP contribution in [0.5, 0.6) is 5.75 Å². The molecule has 128 valence electrons. The Bertz CT molecular complexity index is 501. The molecule has 23 heavy (non-hydrogen) atoms. The van der Waals surface area contributed by atoms with Crippen molar-refractivity contribution in [2.45, 2.75) is 27.2 Å². The Morgan fingerprint density at radius 2 is 2.13 bits per heavy atom. The first-order valence-corrected chi connectivity index (χ1v) is 7.97. The molecular weight excluding hydrogens is 292 g/mol. The van der Waals surface area contributed by atoms with Crippen molar-refractivity contribution >= 4 is 11.7 Å². The van der Waals surface area contributed by atoms with E-state index in [1.807, 2.05) is 25.1 Å². The van der Waals surface area contributed by atoms with E-state index < -0.39 is 0 Å². The van der Waals surface area contributed by atoms with Crippen LogP contribution in [0.1, 0.15) is 27.2 Å². The lowest BCUT2D eigenvalue weighted by molar-refractivity contribution is 0.108. The van der Waals surface area contributed by atoms with Crippen molar-refractivity contribution in [3.05, 3.63) is 36.4 Å². The monoisotopic (exact) mass is 320 g/mol. The molecule has 0 radical (unpaired) electrons. The summed E-state index contributed by atoms with van der Waals surface area (Å²) in [6, 6.07) is 7.06. The van der Waals surface area contributed by atoms with Crippen molar-refractivity contribution in [2.24, 2.45) is 5.92 Å². The highest BCUT2D eigenvalue weighted by Crippen LogP contribution is 2.17. The second-order valence-electron chi connectivity index (χ2n) is 5.98. The number of amides is 2. The number of urea groups is 1. The van der Waals surface area contributed by atoms with Crippen molar-refractivity contribution in [2.75, 3.05) is 31.7 Å². The molecule has 2 N–H and O–H groups in total. The fourth-order valence-corrected chi connectivity index (χ4v) is 1.74. The van der Waals surface area contributed by atoms with Crippen LogP contribution < -0.4 is 15.4 Å². The third-order valence-corrected chi connectivity index (χ3v) is 2.78. The molecule has 5 heteroatoms.